The molecule has 3 unspecified atom stereocenters. The standard InChI is InChI=1S/C28H38N6O4/c1-2-38-19-5-3-18(4-6-19)31-26(35)27(36)32-25-21-14-30-24-20(7-8-29-24)23(21)34(33-25)22-16-9-15-10-17(22)13-28(37,11-15)12-16/h7-8,15-19,22,29-30,37H,2-6,9-14H2,1H3,(H,31,35)(H,32,33,36)/t15?,16-,17+,18?,19?,22?,28?. The number of nitrogens with zero attached hydrogens (tertiary/aromatic N) is 2. The lowest BCUT2D eigenvalue weighted by Crippen LogP contribution is -2.55. The largest absolute Gasteiger partial charge is 0.390 e. The van der Waals surface area contributed by atoms with Gasteiger partial charge in [0.25, 0.3) is 0 Å². The Labute approximate surface area is 222 Å². The summed E-state index contributed by atoms with van der Waals surface area (Å²) in [4.78, 5) is 29.2. The molecule has 38 heavy (non-hydrogen) atoms. The van der Waals surface area contributed by atoms with Crippen LogP contribution in [0.15, 0.2) is 12.3 Å². The Morgan fingerprint density at radius 1 is 1.16 bits per heavy atom. The first kappa shape index (κ1) is 24.2. The molecule has 2 aromatic rings. The van der Waals surface area contributed by atoms with E-state index in [1.807, 2.05) is 19.2 Å². The van der Waals surface area contributed by atoms with Gasteiger partial charge in [-0.3, -0.25) is 14.3 Å². The summed E-state index contributed by atoms with van der Waals surface area (Å²) in [6.45, 7) is 3.21. The number of fused-ring (bicyclic) bond motifs is 3. The predicted molar refractivity (Wildman–Crippen MR) is 141 cm³/mol. The van der Waals surface area contributed by atoms with Gasteiger partial charge in [-0.1, -0.05) is 0 Å². The van der Waals surface area contributed by atoms with Crippen molar-refractivity contribution in [2.24, 2.45) is 17.8 Å². The van der Waals surface area contributed by atoms with Crippen LogP contribution in [0.25, 0.3) is 11.3 Å². The smallest absolute Gasteiger partial charge is 0.314 e. The zero-order valence-electron chi connectivity index (χ0n) is 22.0. The van der Waals surface area contributed by atoms with E-state index in [0.717, 1.165) is 80.4 Å². The molecular formula is C28H38N6O4. The Kier molecular flexibility index (Phi) is 5.81. The maximum atomic E-state index is 13.1. The van der Waals surface area contributed by atoms with Crippen LogP contribution in [0.5, 0.6) is 0 Å². The first-order chi connectivity index (χ1) is 18.4. The lowest BCUT2D eigenvalue weighted by atomic mass is 9.52. The zero-order valence-corrected chi connectivity index (χ0v) is 22.0. The van der Waals surface area contributed by atoms with E-state index in [4.69, 9.17) is 9.84 Å². The first-order valence-corrected chi connectivity index (χ1v) is 14.4. The van der Waals surface area contributed by atoms with Crippen molar-refractivity contribution < 1.29 is 19.4 Å². The van der Waals surface area contributed by atoms with Gasteiger partial charge in [-0.15, -0.1) is 0 Å². The molecule has 0 aromatic carbocycles. The highest BCUT2D eigenvalue weighted by Gasteiger charge is 2.56. The summed E-state index contributed by atoms with van der Waals surface area (Å²) in [5.74, 6) is 1.43. The van der Waals surface area contributed by atoms with E-state index < -0.39 is 17.4 Å². The van der Waals surface area contributed by atoms with Crippen molar-refractivity contribution in [1.29, 1.82) is 0 Å². The number of carbonyl (C=O) groups excluding carboxylic acids is 2. The minimum Gasteiger partial charge on any atom is -0.390 e. The van der Waals surface area contributed by atoms with Crippen molar-refractivity contribution in [3.8, 4) is 11.3 Å². The molecule has 2 amide bonds. The summed E-state index contributed by atoms with van der Waals surface area (Å²) in [5.41, 5.74) is 2.41. The molecular weight excluding hydrogens is 484 g/mol. The molecule has 5 aliphatic carbocycles. The molecule has 6 aliphatic rings. The number of ether oxygens (including phenoxy) is 1. The fourth-order valence-corrected chi connectivity index (χ4v) is 8.51. The SMILES string of the molecule is CCOC1CCC(NC(=O)C(=O)Nc2nn(C3[C@@H]4CC5C[C@H]3CC(O)(C5)C4)c3c2CNc2[nH]ccc2-3)CC1. The number of hydrogen-bond donors (Lipinski definition) is 5. The summed E-state index contributed by atoms with van der Waals surface area (Å²) in [6.07, 6.45) is 10.4. The van der Waals surface area contributed by atoms with Gasteiger partial charge in [0, 0.05) is 36.5 Å². The maximum absolute atomic E-state index is 13.1. The van der Waals surface area contributed by atoms with Crippen LogP contribution < -0.4 is 16.0 Å². The number of anilines is 2. The van der Waals surface area contributed by atoms with Crippen LogP contribution in [0.1, 0.15) is 76.3 Å². The molecule has 10 nitrogen and oxygen atoms in total. The minimum absolute atomic E-state index is 0.0145. The van der Waals surface area contributed by atoms with E-state index in [2.05, 4.69) is 25.6 Å². The van der Waals surface area contributed by atoms with Gasteiger partial charge in [0.15, 0.2) is 5.82 Å². The highest BCUT2D eigenvalue weighted by Crippen LogP contribution is 2.60. The lowest BCUT2D eigenvalue weighted by molar-refractivity contribution is -0.148. The third-order valence-corrected chi connectivity index (χ3v) is 9.78. The molecule has 1 aliphatic heterocycles. The van der Waals surface area contributed by atoms with Gasteiger partial charge >= 0.3 is 11.8 Å². The van der Waals surface area contributed by atoms with Gasteiger partial charge in [0.05, 0.1) is 23.4 Å². The minimum atomic E-state index is -0.677. The third-order valence-electron chi connectivity index (χ3n) is 9.78. The second-order valence-corrected chi connectivity index (χ2v) is 12.3. The van der Waals surface area contributed by atoms with E-state index in [1.54, 1.807) is 0 Å². The van der Waals surface area contributed by atoms with E-state index >= 15 is 0 Å². The Bertz CT molecular complexity index is 1230. The fraction of sp³-hybridized carbons (Fsp3) is 0.679. The summed E-state index contributed by atoms with van der Waals surface area (Å²) in [7, 11) is 0. The number of H-pyrrole nitrogens is 1. The van der Waals surface area contributed by atoms with Crippen LogP contribution in [0.3, 0.4) is 0 Å². The van der Waals surface area contributed by atoms with Crippen LogP contribution in [-0.4, -0.2) is 56.0 Å². The average molecular weight is 523 g/mol. The van der Waals surface area contributed by atoms with E-state index in [-0.39, 0.29) is 18.2 Å². The second-order valence-electron chi connectivity index (χ2n) is 12.3. The topological polar surface area (TPSA) is 133 Å². The average Bonchev–Trinajstić information content (AvgIpc) is 3.49. The highest BCUT2D eigenvalue weighted by atomic mass is 16.5. The van der Waals surface area contributed by atoms with Gasteiger partial charge in [-0.25, -0.2) is 0 Å². The Balaban J connectivity index is 1.13. The summed E-state index contributed by atoms with van der Waals surface area (Å²) in [5, 5.41) is 25.3. The lowest BCUT2D eigenvalue weighted by Gasteiger charge is -2.58. The number of aromatic nitrogens is 3. The van der Waals surface area contributed by atoms with E-state index in [0.29, 0.717) is 36.7 Å². The summed E-state index contributed by atoms with van der Waals surface area (Å²) < 4.78 is 7.83. The van der Waals surface area contributed by atoms with Crippen molar-refractivity contribution >= 4 is 23.5 Å². The Morgan fingerprint density at radius 3 is 2.63 bits per heavy atom. The van der Waals surface area contributed by atoms with Gasteiger partial charge in [0.1, 0.15) is 5.82 Å². The van der Waals surface area contributed by atoms with E-state index in [1.165, 1.54) is 0 Å². The monoisotopic (exact) mass is 522 g/mol. The van der Waals surface area contributed by atoms with Crippen LogP contribution in [-0.2, 0) is 20.9 Å². The molecule has 3 heterocycles. The molecule has 5 saturated carbocycles. The van der Waals surface area contributed by atoms with Crippen molar-refractivity contribution in [3.63, 3.8) is 0 Å². The summed E-state index contributed by atoms with van der Waals surface area (Å²) >= 11 is 0. The van der Waals surface area contributed by atoms with Gasteiger partial charge in [0.2, 0.25) is 0 Å². The normalized spacial score (nSPS) is 34.8. The number of aliphatic hydroxyl groups is 1. The first-order valence-electron chi connectivity index (χ1n) is 14.4. The number of rotatable bonds is 5. The molecule has 10 heteroatoms. The number of hydrogen-bond acceptors (Lipinski definition) is 6. The van der Waals surface area contributed by atoms with Crippen molar-refractivity contribution in [2.75, 3.05) is 17.2 Å². The molecule has 5 fully saturated rings. The van der Waals surface area contributed by atoms with Crippen molar-refractivity contribution in [3.05, 3.63) is 17.8 Å². The highest BCUT2D eigenvalue weighted by molar-refractivity contribution is 6.39. The molecule has 5 atom stereocenters. The molecule has 0 radical (unpaired) electrons. The van der Waals surface area contributed by atoms with Gasteiger partial charge < -0.3 is 30.8 Å². The number of nitrogens with one attached hydrogen (secondary N) is 4. The van der Waals surface area contributed by atoms with Crippen molar-refractivity contribution in [2.45, 2.75) is 95.0 Å². The Hall–Kier alpha value is -2.85. The Morgan fingerprint density at radius 2 is 1.92 bits per heavy atom. The second kappa shape index (κ2) is 9.12. The van der Waals surface area contributed by atoms with Gasteiger partial charge in [-0.2, -0.15) is 5.10 Å². The van der Waals surface area contributed by atoms with E-state index in [9.17, 15) is 14.7 Å². The maximum Gasteiger partial charge on any atom is 0.314 e. The van der Waals surface area contributed by atoms with Gasteiger partial charge in [-0.05, 0) is 88.5 Å². The molecule has 5 N–H and O–H groups in total. The molecule has 204 valence electrons. The third kappa shape index (κ3) is 4.04. The van der Waals surface area contributed by atoms with Crippen LogP contribution in [0, 0.1) is 17.8 Å². The number of carbonyl (C=O) groups is 2. The van der Waals surface area contributed by atoms with Crippen LogP contribution >= 0.6 is 0 Å². The van der Waals surface area contributed by atoms with Crippen LogP contribution in [0.2, 0.25) is 0 Å². The molecule has 0 spiro atoms. The predicted octanol–water partition coefficient (Wildman–Crippen LogP) is 3.32. The molecule has 2 aromatic heterocycles. The zero-order chi connectivity index (χ0) is 26.0. The van der Waals surface area contributed by atoms with Crippen molar-refractivity contribution in [1.82, 2.24) is 20.1 Å². The molecule has 4 bridgehead atoms. The molecule has 0 saturated heterocycles. The number of aromatic amines is 1. The fourth-order valence-electron chi connectivity index (χ4n) is 8.51. The quantitative estimate of drug-likeness (QED) is 0.383. The van der Waals surface area contributed by atoms with Crippen LogP contribution in [0.4, 0.5) is 11.6 Å². The summed E-state index contributed by atoms with van der Waals surface area (Å²) in [6, 6.07) is 2.21. The molecule has 8 rings (SSSR count). The number of amides is 2.